The minimum Gasteiger partial charge on any atom is -0.288 e. The molecule has 0 aliphatic rings. The van der Waals surface area contributed by atoms with Crippen LogP contribution in [0.4, 0.5) is 8.78 Å². The number of hydrogen-bond acceptors (Lipinski definition) is 1. The quantitative estimate of drug-likeness (QED) is 0.622. The first-order chi connectivity index (χ1) is 6.19. The number of nitrogens with zero attached hydrogens (tertiary/aromatic N) is 1. The molecule has 0 amide bonds. The zero-order valence-electron chi connectivity index (χ0n) is 7.22. The molecular weight excluding hydrogens is 172 g/mol. The maximum atomic E-state index is 13.1. The van der Waals surface area contributed by atoms with Gasteiger partial charge in [-0.05, 0) is 18.2 Å². The second-order valence-corrected chi connectivity index (χ2v) is 2.44. The van der Waals surface area contributed by atoms with Gasteiger partial charge in [0, 0.05) is 18.7 Å². The molecule has 0 radical (unpaired) electrons. The summed E-state index contributed by atoms with van der Waals surface area (Å²) in [6.45, 7) is 3.48. The summed E-state index contributed by atoms with van der Waals surface area (Å²) in [6.07, 6.45) is 1.43. The molecule has 0 atom stereocenters. The molecule has 0 saturated heterocycles. The molecule has 1 aromatic carbocycles. The summed E-state index contributed by atoms with van der Waals surface area (Å²) < 4.78 is 25.6. The Hall–Kier alpha value is -1.51. The number of benzene rings is 1. The number of hydrogen-bond donors (Lipinski definition) is 0. The van der Waals surface area contributed by atoms with Crippen molar-refractivity contribution in [1.29, 1.82) is 0 Å². The Morgan fingerprint density at radius 3 is 2.62 bits per heavy atom. The fourth-order valence-corrected chi connectivity index (χ4v) is 1.02. The van der Waals surface area contributed by atoms with E-state index in [9.17, 15) is 8.78 Å². The fraction of sp³-hybridized carbons (Fsp3) is 0.100. The zero-order chi connectivity index (χ0) is 9.84. The highest BCUT2D eigenvalue weighted by Crippen LogP contribution is 2.10. The Balaban J connectivity index is 3.22. The summed E-state index contributed by atoms with van der Waals surface area (Å²) in [6, 6.07) is 3.35. The first-order valence-corrected chi connectivity index (χ1v) is 3.73. The van der Waals surface area contributed by atoms with Gasteiger partial charge < -0.3 is 0 Å². The molecular formula is C10H9F2N. The monoisotopic (exact) mass is 181 g/mol. The van der Waals surface area contributed by atoms with Crippen molar-refractivity contribution in [3.63, 3.8) is 0 Å². The molecule has 68 valence electrons. The third-order valence-corrected chi connectivity index (χ3v) is 1.64. The average Bonchev–Trinajstić information content (AvgIpc) is 2.10. The van der Waals surface area contributed by atoms with Crippen LogP contribution in [-0.4, -0.2) is 12.8 Å². The van der Waals surface area contributed by atoms with Crippen molar-refractivity contribution in [3.8, 4) is 0 Å². The van der Waals surface area contributed by atoms with E-state index in [1.54, 1.807) is 0 Å². The molecule has 0 aliphatic heterocycles. The van der Waals surface area contributed by atoms with Crippen molar-refractivity contribution in [2.24, 2.45) is 4.99 Å². The van der Waals surface area contributed by atoms with Gasteiger partial charge in [-0.2, -0.15) is 0 Å². The summed E-state index contributed by atoms with van der Waals surface area (Å²) in [7, 11) is 1.53. The van der Waals surface area contributed by atoms with Gasteiger partial charge in [0.05, 0.1) is 5.71 Å². The van der Waals surface area contributed by atoms with E-state index in [0.717, 1.165) is 6.07 Å². The minimum absolute atomic E-state index is 0.263. The Kier molecular flexibility index (Phi) is 2.90. The SMILES string of the molecule is C=CC(=NC)c1ccc(F)cc1F. The van der Waals surface area contributed by atoms with Gasteiger partial charge in [0.1, 0.15) is 11.6 Å². The van der Waals surface area contributed by atoms with E-state index in [4.69, 9.17) is 0 Å². The summed E-state index contributed by atoms with van der Waals surface area (Å²) in [4.78, 5) is 3.80. The van der Waals surface area contributed by atoms with Crippen LogP contribution >= 0.6 is 0 Å². The van der Waals surface area contributed by atoms with Gasteiger partial charge in [-0.3, -0.25) is 4.99 Å². The summed E-state index contributed by atoms with van der Waals surface area (Å²) in [5, 5.41) is 0. The highest BCUT2D eigenvalue weighted by molar-refractivity contribution is 6.08. The standard InChI is InChI=1S/C10H9F2N/c1-3-10(13-2)8-5-4-7(11)6-9(8)12/h3-6H,1H2,2H3. The van der Waals surface area contributed by atoms with Crippen LogP contribution in [0.5, 0.6) is 0 Å². The number of allylic oxidation sites excluding steroid dienone is 1. The molecule has 3 heteroatoms. The molecule has 13 heavy (non-hydrogen) atoms. The van der Waals surface area contributed by atoms with E-state index >= 15 is 0 Å². The maximum absolute atomic E-state index is 13.1. The van der Waals surface area contributed by atoms with E-state index in [-0.39, 0.29) is 5.56 Å². The number of aliphatic imine (C=N–C) groups is 1. The molecule has 1 nitrogen and oxygen atoms in total. The zero-order valence-corrected chi connectivity index (χ0v) is 7.22. The summed E-state index contributed by atoms with van der Waals surface area (Å²) in [5.74, 6) is -1.22. The molecule has 1 aromatic rings. The van der Waals surface area contributed by atoms with Crippen molar-refractivity contribution < 1.29 is 8.78 Å². The van der Waals surface area contributed by atoms with Gasteiger partial charge in [0.15, 0.2) is 0 Å². The van der Waals surface area contributed by atoms with Gasteiger partial charge in [0.25, 0.3) is 0 Å². The van der Waals surface area contributed by atoms with Crippen LogP contribution in [0.25, 0.3) is 0 Å². The van der Waals surface area contributed by atoms with E-state index in [2.05, 4.69) is 11.6 Å². The van der Waals surface area contributed by atoms with Gasteiger partial charge in [0.2, 0.25) is 0 Å². The smallest absolute Gasteiger partial charge is 0.135 e. The van der Waals surface area contributed by atoms with Crippen LogP contribution < -0.4 is 0 Å². The van der Waals surface area contributed by atoms with Crippen LogP contribution in [0.2, 0.25) is 0 Å². The van der Waals surface area contributed by atoms with Crippen molar-refractivity contribution in [2.75, 3.05) is 7.05 Å². The number of rotatable bonds is 2. The largest absolute Gasteiger partial charge is 0.288 e. The molecule has 0 heterocycles. The second kappa shape index (κ2) is 3.94. The molecule has 0 unspecified atom stereocenters. The first kappa shape index (κ1) is 9.58. The van der Waals surface area contributed by atoms with Gasteiger partial charge in [-0.25, -0.2) is 8.78 Å². The molecule has 0 bridgehead atoms. The lowest BCUT2D eigenvalue weighted by Gasteiger charge is -2.01. The highest BCUT2D eigenvalue weighted by atomic mass is 19.1. The lowest BCUT2D eigenvalue weighted by molar-refractivity contribution is 0.582. The Morgan fingerprint density at radius 2 is 2.15 bits per heavy atom. The first-order valence-electron chi connectivity index (χ1n) is 3.73. The third kappa shape index (κ3) is 1.99. The van der Waals surface area contributed by atoms with Gasteiger partial charge in [-0.1, -0.05) is 6.58 Å². The lowest BCUT2D eigenvalue weighted by Crippen LogP contribution is -2.00. The van der Waals surface area contributed by atoms with Crippen molar-refractivity contribution >= 4 is 5.71 Å². The van der Waals surface area contributed by atoms with E-state index in [1.165, 1.54) is 25.3 Å². The number of halogens is 2. The average molecular weight is 181 g/mol. The maximum Gasteiger partial charge on any atom is 0.135 e. The highest BCUT2D eigenvalue weighted by Gasteiger charge is 2.06. The predicted molar refractivity (Wildman–Crippen MR) is 49.0 cm³/mol. The van der Waals surface area contributed by atoms with Gasteiger partial charge in [-0.15, -0.1) is 0 Å². The molecule has 0 saturated carbocycles. The lowest BCUT2D eigenvalue weighted by atomic mass is 10.1. The van der Waals surface area contributed by atoms with Gasteiger partial charge >= 0.3 is 0 Å². The van der Waals surface area contributed by atoms with E-state index < -0.39 is 11.6 Å². The Morgan fingerprint density at radius 1 is 1.46 bits per heavy atom. The van der Waals surface area contributed by atoms with Crippen LogP contribution in [0.15, 0.2) is 35.8 Å². The topological polar surface area (TPSA) is 12.4 Å². The van der Waals surface area contributed by atoms with E-state index in [0.29, 0.717) is 5.71 Å². The molecule has 0 fully saturated rings. The predicted octanol–water partition coefficient (Wildman–Crippen LogP) is 2.57. The van der Waals surface area contributed by atoms with Crippen molar-refractivity contribution in [3.05, 3.63) is 48.1 Å². The normalized spacial score (nSPS) is 11.5. The van der Waals surface area contributed by atoms with Crippen LogP contribution in [0, 0.1) is 11.6 Å². The minimum atomic E-state index is -0.625. The summed E-state index contributed by atoms with van der Waals surface area (Å²) in [5.41, 5.74) is 0.677. The molecule has 0 N–H and O–H groups in total. The molecule has 0 spiro atoms. The second-order valence-electron chi connectivity index (χ2n) is 2.44. The van der Waals surface area contributed by atoms with Crippen LogP contribution in [-0.2, 0) is 0 Å². The Bertz CT molecular complexity index is 356. The molecule has 1 rings (SSSR count). The third-order valence-electron chi connectivity index (χ3n) is 1.64. The van der Waals surface area contributed by atoms with Crippen LogP contribution in [0.3, 0.4) is 0 Å². The van der Waals surface area contributed by atoms with Crippen molar-refractivity contribution in [1.82, 2.24) is 0 Å². The summed E-state index contributed by atoms with van der Waals surface area (Å²) >= 11 is 0. The molecule has 0 aliphatic carbocycles. The van der Waals surface area contributed by atoms with E-state index in [1.807, 2.05) is 0 Å². The van der Waals surface area contributed by atoms with Crippen LogP contribution in [0.1, 0.15) is 5.56 Å². The fourth-order valence-electron chi connectivity index (χ4n) is 1.02. The van der Waals surface area contributed by atoms with Crippen molar-refractivity contribution in [2.45, 2.75) is 0 Å². The Labute approximate surface area is 75.4 Å². The molecule has 0 aromatic heterocycles.